The Bertz CT molecular complexity index is 812. The van der Waals surface area contributed by atoms with Crippen LogP contribution >= 0.6 is 0 Å². The maximum Gasteiger partial charge on any atom is 0.0601 e. The van der Waals surface area contributed by atoms with Gasteiger partial charge in [-0.3, -0.25) is 0 Å². The van der Waals surface area contributed by atoms with Crippen LogP contribution in [0, 0.1) is 56.2 Å². The standard InChI is InChI=1S/C30H50O2/c1-25(2)17-20-19-9-10-22-28(6)13-12-23(31)26(3,4)21(28)11-14-30(22,8)29(19,7)16-15-27(20,5)24(32)18-25/h9-10,19-24,31-32H,11-18H2,1-8H3. The number of hydrogen-bond donors (Lipinski definition) is 2. The van der Waals surface area contributed by atoms with Gasteiger partial charge < -0.3 is 10.2 Å². The van der Waals surface area contributed by atoms with Crippen molar-refractivity contribution in [1.82, 2.24) is 0 Å². The summed E-state index contributed by atoms with van der Waals surface area (Å²) in [6, 6.07) is 0. The molecule has 0 spiro atoms. The molecule has 0 radical (unpaired) electrons. The Balaban J connectivity index is 1.58. The van der Waals surface area contributed by atoms with E-state index in [0.717, 1.165) is 19.3 Å². The molecule has 10 atom stereocenters. The monoisotopic (exact) mass is 442 g/mol. The lowest BCUT2D eigenvalue weighted by atomic mass is 9.33. The first kappa shape index (κ1) is 23.4. The van der Waals surface area contributed by atoms with Crippen molar-refractivity contribution in [2.75, 3.05) is 0 Å². The van der Waals surface area contributed by atoms with E-state index >= 15 is 0 Å². The van der Waals surface area contributed by atoms with Crippen LogP contribution in [0.3, 0.4) is 0 Å². The Hall–Kier alpha value is -0.340. The molecule has 0 aromatic carbocycles. The molecule has 5 aliphatic carbocycles. The number of fused-ring (bicyclic) bond motifs is 7. The maximum atomic E-state index is 11.3. The van der Waals surface area contributed by atoms with Gasteiger partial charge in [0.25, 0.3) is 0 Å². The summed E-state index contributed by atoms with van der Waals surface area (Å²) in [6.07, 6.45) is 14.2. The van der Waals surface area contributed by atoms with E-state index in [1.54, 1.807) is 0 Å². The molecule has 0 bridgehead atoms. The molecular weight excluding hydrogens is 392 g/mol. The van der Waals surface area contributed by atoms with Crippen LogP contribution in [0.2, 0.25) is 0 Å². The molecule has 0 aliphatic heterocycles. The van der Waals surface area contributed by atoms with E-state index in [0.29, 0.717) is 29.1 Å². The summed E-state index contributed by atoms with van der Waals surface area (Å²) in [5, 5.41) is 22.2. The highest BCUT2D eigenvalue weighted by Crippen LogP contribution is 2.75. The first-order chi connectivity index (χ1) is 14.6. The van der Waals surface area contributed by atoms with E-state index in [4.69, 9.17) is 0 Å². The zero-order chi connectivity index (χ0) is 23.5. The minimum Gasteiger partial charge on any atom is -0.393 e. The van der Waals surface area contributed by atoms with Gasteiger partial charge in [-0.15, -0.1) is 0 Å². The Morgan fingerprint density at radius 3 is 2.03 bits per heavy atom. The fraction of sp³-hybridized carbons (Fsp3) is 0.933. The lowest BCUT2D eigenvalue weighted by Gasteiger charge is -2.72. The molecule has 0 aromatic rings. The van der Waals surface area contributed by atoms with Crippen molar-refractivity contribution in [2.24, 2.45) is 56.2 Å². The molecule has 32 heavy (non-hydrogen) atoms. The van der Waals surface area contributed by atoms with Crippen molar-refractivity contribution in [2.45, 2.75) is 119 Å². The van der Waals surface area contributed by atoms with Gasteiger partial charge in [-0.05, 0) is 108 Å². The highest BCUT2D eigenvalue weighted by atomic mass is 16.3. The van der Waals surface area contributed by atoms with Crippen molar-refractivity contribution in [1.29, 1.82) is 0 Å². The first-order valence-electron chi connectivity index (χ1n) is 13.7. The number of allylic oxidation sites excluding steroid dienone is 2. The van der Waals surface area contributed by atoms with E-state index in [1.807, 2.05) is 0 Å². The zero-order valence-electron chi connectivity index (χ0n) is 22.2. The fourth-order valence-electron chi connectivity index (χ4n) is 10.7. The summed E-state index contributed by atoms with van der Waals surface area (Å²) in [7, 11) is 0. The SMILES string of the molecule is CC1(C)CC(O)C2(C)CCC3(C)C(C=CC4C5(C)CCC(O)C(C)(C)C5CCC43C)C2C1. The van der Waals surface area contributed by atoms with Crippen molar-refractivity contribution >= 4 is 0 Å². The third-order valence-corrected chi connectivity index (χ3v) is 13.2. The normalized spacial score (nSPS) is 58.2. The van der Waals surface area contributed by atoms with Gasteiger partial charge in [0.15, 0.2) is 0 Å². The minimum absolute atomic E-state index is 0.00254. The molecule has 4 saturated carbocycles. The van der Waals surface area contributed by atoms with Crippen molar-refractivity contribution in [3.05, 3.63) is 12.2 Å². The van der Waals surface area contributed by atoms with E-state index in [2.05, 4.69) is 67.5 Å². The summed E-state index contributed by atoms with van der Waals surface area (Å²) in [5.74, 6) is 2.32. The van der Waals surface area contributed by atoms with Gasteiger partial charge in [-0.1, -0.05) is 67.5 Å². The summed E-state index contributed by atoms with van der Waals surface area (Å²) in [6.45, 7) is 19.7. The lowest BCUT2D eigenvalue weighted by Crippen LogP contribution is -2.66. The van der Waals surface area contributed by atoms with Gasteiger partial charge in [0.05, 0.1) is 12.2 Å². The van der Waals surface area contributed by atoms with Crippen LogP contribution in [-0.2, 0) is 0 Å². The Labute approximate surface area is 197 Å². The molecular formula is C30H50O2. The van der Waals surface area contributed by atoms with Gasteiger partial charge in [0, 0.05) is 0 Å². The quantitative estimate of drug-likeness (QED) is 0.397. The predicted octanol–water partition coefficient (Wildman–Crippen LogP) is 7.00. The fourth-order valence-corrected chi connectivity index (χ4v) is 10.7. The van der Waals surface area contributed by atoms with Crippen LogP contribution in [0.25, 0.3) is 0 Å². The molecule has 2 nitrogen and oxygen atoms in total. The highest BCUT2D eigenvalue weighted by molar-refractivity contribution is 5.26. The van der Waals surface area contributed by atoms with E-state index in [9.17, 15) is 10.2 Å². The average Bonchev–Trinajstić information content (AvgIpc) is 2.67. The first-order valence-corrected chi connectivity index (χ1v) is 13.7. The average molecular weight is 443 g/mol. The largest absolute Gasteiger partial charge is 0.393 e. The molecule has 5 rings (SSSR count). The van der Waals surface area contributed by atoms with Crippen LogP contribution in [-0.4, -0.2) is 22.4 Å². The lowest BCUT2D eigenvalue weighted by molar-refractivity contribution is -0.228. The molecule has 4 fully saturated rings. The number of aliphatic hydroxyl groups excluding tert-OH is 2. The van der Waals surface area contributed by atoms with Crippen molar-refractivity contribution < 1.29 is 10.2 Å². The summed E-state index contributed by atoms with van der Waals surface area (Å²) in [4.78, 5) is 0. The molecule has 0 amide bonds. The number of aliphatic hydroxyl groups is 2. The molecule has 0 heterocycles. The summed E-state index contributed by atoms with van der Waals surface area (Å²) >= 11 is 0. The highest BCUT2D eigenvalue weighted by Gasteiger charge is 2.69. The van der Waals surface area contributed by atoms with Gasteiger partial charge in [-0.2, -0.15) is 0 Å². The molecule has 0 aromatic heterocycles. The number of rotatable bonds is 0. The van der Waals surface area contributed by atoms with E-state index in [1.165, 1.54) is 32.1 Å². The predicted molar refractivity (Wildman–Crippen MR) is 132 cm³/mol. The second-order valence-corrected chi connectivity index (χ2v) is 15.4. The molecule has 10 unspecified atom stereocenters. The van der Waals surface area contributed by atoms with E-state index < -0.39 is 0 Å². The molecule has 2 N–H and O–H groups in total. The van der Waals surface area contributed by atoms with Crippen LogP contribution in [0.4, 0.5) is 0 Å². The van der Waals surface area contributed by atoms with Crippen LogP contribution in [0.5, 0.6) is 0 Å². The Morgan fingerprint density at radius 1 is 0.656 bits per heavy atom. The second kappa shape index (κ2) is 6.66. The van der Waals surface area contributed by atoms with Gasteiger partial charge in [0.1, 0.15) is 0 Å². The summed E-state index contributed by atoms with van der Waals surface area (Å²) < 4.78 is 0. The zero-order valence-corrected chi connectivity index (χ0v) is 22.2. The van der Waals surface area contributed by atoms with Crippen molar-refractivity contribution in [3.63, 3.8) is 0 Å². The van der Waals surface area contributed by atoms with Gasteiger partial charge >= 0.3 is 0 Å². The topological polar surface area (TPSA) is 40.5 Å². The van der Waals surface area contributed by atoms with E-state index in [-0.39, 0.29) is 39.3 Å². The molecule has 182 valence electrons. The maximum absolute atomic E-state index is 11.3. The van der Waals surface area contributed by atoms with Crippen LogP contribution < -0.4 is 0 Å². The molecule has 5 aliphatic rings. The Morgan fingerprint density at radius 2 is 1.34 bits per heavy atom. The minimum atomic E-state index is -0.173. The van der Waals surface area contributed by atoms with Gasteiger partial charge in [-0.25, -0.2) is 0 Å². The van der Waals surface area contributed by atoms with Crippen LogP contribution in [0.15, 0.2) is 12.2 Å². The van der Waals surface area contributed by atoms with Crippen molar-refractivity contribution in [3.8, 4) is 0 Å². The third kappa shape index (κ3) is 2.72. The summed E-state index contributed by atoms with van der Waals surface area (Å²) in [5.41, 5.74) is 1.14. The van der Waals surface area contributed by atoms with Gasteiger partial charge in [0.2, 0.25) is 0 Å². The second-order valence-electron chi connectivity index (χ2n) is 15.4. The Kier molecular flexibility index (Phi) is 4.87. The molecule has 0 saturated heterocycles. The van der Waals surface area contributed by atoms with Crippen LogP contribution in [0.1, 0.15) is 107 Å². The number of hydrogen-bond acceptors (Lipinski definition) is 2. The third-order valence-electron chi connectivity index (χ3n) is 13.2. The molecule has 2 heteroatoms. The smallest absolute Gasteiger partial charge is 0.0601 e.